The smallest absolute Gasteiger partial charge is 0.355 e. The Morgan fingerprint density at radius 1 is 1.05 bits per heavy atom. The number of alkyl halides is 3. The summed E-state index contributed by atoms with van der Waals surface area (Å²) < 4.78 is 62.2. The summed E-state index contributed by atoms with van der Waals surface area (Å²) in [4.78, 5) is -0.728. The molecule has 0 atom stereocenters. The molecule has 0 fully saturated rings. The van der Waals surface area contributed by atoms with Crippen molar-refractivity contribution in [1.82, 2.24) is 4.57 Å². The van der Waals surface area contributed by atoms with Crippen LogP contribution in [-0.4, -0.2) is 18.5 Å². The van der Waals surface area contributed by atoms with Crippen LogP contribution in [0.1, 0.15) is 0 Å². The van der Waals surface area contributed by atoms with Crippen LogP contribution in [0.25, 0.3) is 11.1 Å². The molecule has 0 aliphatic rings. The summed E-state index contributed by atoms with van der Waals surface area (Å²) in [7, 11) is -3.88. The Morgan fingerprint density at radius 3 is 2.16 bits per heavy atom. The van der Waals surface area contributed by atoms with Gasteiger partial charge in [-0.05, 0) is 5.56 Å². The molecule has 0 unspecified atom stereocenters. The minimum absolute atomic E-state index is 0.0421. The highest BCUT2D eigenvalue weighted by Gasteiger charge is 2.48. The summed E-state index contributed by atoms with van der Waals surface area (Å²) in [6.45, 7) is 0. The monoisotopic (exact) mass is 289 g/mol. The van der Waals surface area contributed by atoms with Crippen molar-refractivity contribution in [3.8, 4) is 11.1 Å². The van der Waals surface area contributed by atoms with Crippen LogP contribution in [0.4, 0.5) is 13.2 Å². The highest BCUT2D eigenvalue weighted by atomic mass is 32.2. The Labute approximate surface area is 108 Å². The first-order chi connectivity index (χ1) is 8.73. The third-order valence-corrected chi connectivity index (χ3v) is 4.11. The van der Waals surface area contributed by atoms with E-state index < -0.39 is 20.2 Å². The zero-order chi connectivity index (χ0) is 14.3. The fourth-order valence-corrected chi connectivity index (χ4v) is 2.75. The van der Waals surface area contributed by atoms with E-state index in [9.17, 15) is 21.6 Å². The average Bonchev–Trinajstić information content (AvgIpc) is 2.71. The van der Waals surface area contributed by atoms with Gasteiger partial charge in [-0.1, -0.05) is 30.3 Å². The Bertz CT molecular complexity index is 688. The van der Waals surface area contributed by atoms with Crippen LogP contribution < -0.4 is 0 Å². The summed E-state index contributed by atoms with van der Waals surface area (Å²) in [5.74, 6) is 0. The molecule has 1 heterocycles. The molecular formula is C12H10F3NO2S. The maximum absolute atomic E-state index is 12.6. The Kier molecular flexibility index (Phi) is 3.17. The Hall–Kier alpha value is -1.76. The first kappa shape index (κ1) is 13.7. The van der Waals surface area contributed by atoms with Crippen LogP contribution in [-0.2, 0) is 16.9 Å². The van der Waals surface area contributed by atoms with E-state index in [0.29, 0.717) is 5.56 Å². The molecule has 0 bridgehead atoms. The molecule has 3 nitrogen and oxygen atoms in total. The maximum atomic E-state index is 12.6. The van der Waals surface area contributed by atoms with E-state index in [0.717, 1.165) is 6.20 Å². The summed E-state index contributed by atoms with van der Waals surface area (Å²) in [6.07, 6.45) is 2.32. The van der Waals surface area contributed by atoms with Crippen molar-refractivity contribution in [2.45, 2.75) is 10.4 Å². The molecule has 2 rings (SSSR count). The molecule has 1 aromatic heterocycles. The number of hydrogen-bond acceptors (Lipinski definition) is 2. The first-order valence-electron chi connectivity index (χ1n) is 5.26. The van der Waals surface area contributed by atoms with Gasteiger partial charge in [0.05, 0.1) is 0 Å². The lowest BCUT2D eigenvalue weighted by Gasteiger charge is -2.08. The molecule has 0 saturated heterocycles. The van der Waals surface area contributed by atoms with Crippen molar-refractivity contribution in [2.75, 3.05) is 0 Å². The lowest BCUT2D eigenvalue weighted by atomic mass is 10.1. The topological polar surface area (TPSA) is 39.1 Å². The summed E-state index contributed by atoms with van der Waals surface area (Å²) in [6, 6.07) is 8.08. The van der Waals surface area contributed by atoms with E-state index in [2.05, 4.69) is 0 Å². The molecule has 0 radical (unpaired) electrons. The van der Waals surface area contributed by atoms with E-state index in [1.807, 2.05) is 0 Å². The van der Waals surface area contributed by atoms with Crippen LogP contribution in [0.3, 0.4) is 0 Å². The number of halogens is 3. The predicted octanol–water partition coefficient (Wildman–Crippen LogP) is 2.99. The second-order valence-electron chi connectivity index (χ2n) is 4.02. The van der Waals surface area contributed by atoms with Crippen LogP contribution in [0.15, 0.2) is 47.6 Å². The molecule has 0 aliphatic heterocycles. The number of sulfone groups is 1. The minimum Gasteiger partial charge on any atom is -0.355 e. The van der Waals surface area contributed by atoms with Crippen LogP contribution in [0.5, 0.6) is 0 Å². The summed E-state index contributed by atoms with van der Waals surface area (Å²) in [5.41, 5.74) is -4.84. The molecule has 19 heavy (non-hydrogen) atoms. The lowest BCUT2D eigenvalue weighted by molar-refractivity contribution is -0.0435. The van der Waals surface area contributed by atoms with Crippen molar-refractivity contribution in [3.05, 3.63) is 42.7 Å². The highest BCUT2D eigenvalue weighted by molar-refractivity contribution is 7.92. The molecule has 0 N–H and O–H groups in total. The summed E-state index contributed by atoms with van der Waals surface area (Å²) in [5, 5.41) is 0. The Morgan fingerprint density at radius 2 is 1.63 bits per heavy atom. The number of nitrogens with zero attached hydrogens (tertiary/aromatic N) is 1. The van der Waals surface area contributed by atoms with Gasteiger partial charge >= 0.3 is 5.51 Å². The molecule has 0 spiro atoms. The molecular weight excluding hydrogens is 279 g/mol. The van der Waals surface area contributed by atoms with Crippen molar-refractivity contribution < 1.29 is 21.6 Å². The highest BCUT2D eigenvalue weighted by Crippen LogP contribution is 2.36. The van der Waals surface area contributed by atoms with Gasteiger partial charge in [-0.25, -0.2) is 8.42 Å². The van der Waals surface area contributed by atoms with E-state index in [1.165, 1.54) is 17.8 Å². The number of aryl methyl sites for hydroxylation is 1. The van der Waals surface area contributed by atoms with Crippen LogP contribution in [0, 0.1) is 0 Å². The van der Waals surface area contributed by atoms with E-state index in [-0.39, 0.29) is 5.56 Å². The van der Waals surface area contributed by atoms with E-state index in [4.69, 9.17) is 0 Å². The third-order valence-electron chi connectivity index (χ3n) is 2.60. The number of benzene rings is 1. The van der Waals surface area contributed by atoms with Gasteiger partial charge in [0.15, 0.2) is 0 Å². The Balaban J connectivity index is 2.68. The van der Waals surface area contributed by atoms with Gasteiger partial charge in [0, 0.05) is 25.0 Å². The number of rotatable bonds is 2. The predicted molar refractivity (Wildman–Crippen MR) is 64.1 cm³/mol. The molecule has 0 amide bonds. The molecule has 7 heteroatoms. The molecule has 102 valence electrons. The van der Waals surface area contributed by atoms with Gasteiger partial charge < -0.3 is 4.57 Å². The minimum atomic E-state index is -5.36. The normalized spacial score (nSPS) is 12.6. The molecule has 1 aromatic carbocycles. The van der Waals surface area contributed by atoms with Crippen LogP contribution in [0.2, 0.25) is 0 Å². The fourth-order valence-electron chi connectivity index (χ4n) is 1.73. The summed E-state index contributed by atoms with van der Waals surface area (Å²) >= 11 is 0. The van der Waals surface area contributed by atoms with Crippen molar-refractivity contribution >= 4 is 9.84 Å². The van der Waals surface area contributed by atoms with E-state index in [1.54, 1.807) is 30.3 Å². The van der Waals surface area contributed by atoms with E-state index >= 15 is 0 Å². The van der Waals surface area contributed by atoms with Crippen molar-refractivity contribution in [1.29, 1.82) is 0 Å². The van der Waals surface area contributed by atoms with Gasteiger partial charge in [0.25, 0.3) is 9.84 Å². The standard InChI is InChI=1S/C12H10F3NO2S/c1-16-7-10(9-5-3-2-4-6-9)11(8-16)19(17,18)12(13,14)15/h2-8H,1H3. The van der Waals surface area contributed by atoms with Gasteiger partial charge in [-0.2, -0.15) is 13.2 Å². The second kappa shape index (κ2) is 4.41. The molecule has 0 saturated carbocycles. The van der Waals surface area contributed by atoms with Crippen molar-refractivity contribution in [2.24, 2.45) is 7.05 Å². The maximum Gasteiger partial charge on any atom is 0.501 e. The number of aromatic nitrogens is 1. The quantitative estimate of drug-likeness (QED) is 0.852. The van der Waals surface area contributed by atoms with Crippen molar-refractivity contribution in [3.63, 3.8) is 0 Å². The first-order valence-corrected chi connectivity index (χ1v) is 6.74. The SMILES string of the molecule is Cn1cc(-c2ccccc2)c(S(=O)(=O)C(F)(F)F)c1. The fraction of sp³-hybridized carbons (Fsp3) is 0.167. The van der Waals surface area contributed by atoms with Gasteiger partial charge in [0.2, 0.25) is 0 Å². The zero-order valence-electron chi connectivity index (χ0n) is 9.85. The van der Waals surface area contributed by atoms with Gasteiger partial charge in [-0.15, -0.1) is 0 Å². The van der Waals surface area contributed by atoms with Gasteiger partial charge in [-0.3, -0.25) is 0 Å². The molecule has 2 aromatic rings. The lowest BCUT2D eigenvalue weighted by Crippen LogP contribution is -2.23. The number of hydrogen-bond donors (Lipinski definition) is 0. The largest absolute Gasteiger partial charge is 0.501 e. The van der Waals surface area contributed by atoms with Gasteiger partial charge in [0.1, 0.15) is 4.90 Å². The third kappa shape index (κ3) is 2.37. The second-order valence-corrected chi connectivity index (χ2v) is 5.93. The average molecular weight is 289 g/mol. The van der Waals surface area contributed by atoms with Crippen LogP contribution >= 0.6 is 0 Å². The molecule has 0 aliphatic carbocycles. The zero-order valence-corrected chi connectivity index (χ0v) is 10.7.